The van der Waals surface area contributed by atoms with Gasteiger partial charge in [-0.1, -0.05) is 209 Å². The van der Waals surface area contributed by atoms with E-state index in [1.165, 1.54) is 16.7 Å². The highest BCUT2D eigenvalue weighted by Gasteiger charge is 2.24. The van der Waals surface area contributed by atoms with Crippen LogP contribution < -0.4 is 0 Å². The van der Waals surface area contributed by atoms with E-state index in [1.807, 2.05) is 55.5 Å². The van der Waals surface area contributed by atoms with Gasteiger partial charge in [-0.05, 0) is 64.6 Å². The van der Waals surface area contributed by atoms with Crippen LogP contribution in [0.2, 0.25) is 0 Å². The van der Waals surface area contributed by atoms with Crippen molar-refractivity contribution < 1.29 is 0 Å². The molecule has 298 valence electrons. The molecule has 0 atom stereocenters. The fourth-order valence-corrected chi connectivity index (χ4v) is 7.95. The van der Waals surface area contributed by atoms with Gasteiger partial charge in [-0.3, -0.25) is 0 Å². The maximum absolute atomic E-state index is 5.16. The van der Waals surface area contributed by atoms with Gasteiger partial charge in [0.2, 0.25) is 0 Å². The minimum Gasteiger partial charge on any atom is -0.228 e. The molecule has 62 heavy (non-hydrogen) atoms. The summed E-state index contributed by atoms with van der Waals surface area (Å²) in [4.78, 5) is 20.5. The minimum atomic E-state index is -0.291. The Kier molecular flexibility index (Phi) is 11.1. The summed E-state index contributed by atoms with van der Waals surface area (Å²) in [6, 6.07) is 69.7. The van der Waals surface area contributed by atoms with Gasteiger partial charge in [-0.15, -0.1) is 0 Å². The first-order chi connectivity index (χ1) is 30.4. The third-order valence-corrected chi connectivity index (χ3v) is 11.6. The first-order valence-corrected chi connectivity index (χ1v) is 21.0. The van der Waals surface area contributed by atoms with E-state index in [-0.39, 0.29) is 5.41 Å². The van der Waals surface area contributed by atoms with Crippen molar-refractivity contribution in [2.45, 2.75) is 26.2 Å². The molecule has 4 heteroatoms. The number of hydrogen-bond acceptors (Lipinski definition) is 4. The van der Waals surface area contributed by atoms with E-state index < -0.39 is 0 Å². The van der Waals surface area contributed by atoms with Crippen molar-refractivity contribution in [3.8, 4) is 78.9 Å². The summed E-state index contributed by atoms with van der Waals surface area (Å²) in [6.07, 6.45) is 3.96. The Morgan fingerprint density at radius 3 is 1.23 bits per heavy atom. The second kappa shape index (κ2) is 17.4. The minimum absolute atomic E-state index is 0.291. The van der Waals surface area contributed by atoms with Gasteiger partial charge in [0, 0.05) is 38.8 Å². The first-order valence-electron chi connectivity index (χ1n) is 21.0. The number of allylic oxidation sites excluding steroid dienone is 3. The Morgan fingerprint density at radius 1 is 0.387 bits per heavy atom. The van der Waals surface area contributed by atoms with Crippen molar-refractivity contribution in [3.63, 3.8) is 0 Å². The summed E-state index contributed by atoms with van der Waals surface area (Å²) in [5, 5.41) is 0. The Labute approximate surface area is 364 Å². The van der Waals surface area contributed by atoms with Crippen LogP contribution >= 0.6 is 0 Å². The largest absolute Gasteiger partial charge is 0.228 e. The van der Waals surface area contributed by atoms with Crippen LogP contribution in [0.5, 0.6) is 0 Å². The van der Waals surface area contributed by atoms with Gasteiger partial charge in [0.15, 0.2) is 11.6 Å². The normalized spacial score (nSPS) is 11.6. The number of nitrogens with zero attached hydrogens (tertiary/aromatic N) is 4. The molecule has 0 fully saturated rings. The van der Waals surface area contributed by atoms with Crippen LogP contribution in [0.1, 0.15) is 37.5 Å². The Balaban J connectivity index is 1.03. The molecule has 0 amide bonds. The van der Waals surface area contributed by atoms with Gasteiger partial charge in [-0.2, -0.15) is 0 Å². The van der Waals surface area contributed by atoms with Crippen LogP contribution in [-0.4, -0.2) is 19.9 Å². The summed E-state index contributed by atoms with van der Waals surface area (Å²) in [5.74, 6) is 1.37. The molecule has 0 spiro atoms. The summed E-state index contributed by atoms with van der Waals surface area (Å²) in [7, 11) is 0. The molecule has 0 aliphatic heterocycles. The van der Waals surface area contributed by atoms with Crippen molar-refractivity contribution in [2.75, 3.05) is 0 Å². The predicted octanol–water partition coefficient (Wildman–Crippen LogP) is 14.9. The van der Waals surface area contributed by atoms with Crippen molar-refractivity contribution in [2.24, 2.45) is 0 Å². The molecule has 0 bridgehead atoms. The molecule has 0 saturated carbocycles. The van der Waals surface area contributed by atoms with E-state index in [0.29, 0.717) is 11.6 Å². The first kappa shape index (κ1) is 39.6. The lowest BCUT2D eigenvalue weighted by molar-refractivity contribution is 0.641. The number of aromatic nitrogens is 4. The summed E-state index contributed by atoms with van der Waals surface area (Å²) < 4.78 is 0. The van der Waals surface area contributed by atoms with Crippen LogP contribution in [-0.2, 0) is 5.41 Å². The molecule has 7 aromatic carbocycles. The molecule has 0 unspecified atom stereocenters. The third kappa shape index (κ3) is 8.32. The van der Waals surface area contributed by atoms with Crippen LogP contribution in [0.15, 0.2) is 219 Å². The van der Waals surface area contributed by atoms with Crippen molar-refractivity contribution in [1.29, 1.82) is 0 Å². The van der Waals surface area contributed by atoms with Crippen molar-refractivity contribution >= 4 is 5.57 Å². The van der Waals surface area contributed by atoms with Crippen molar-refractivity contribution in [3.05, 3.63) is 236 Å². The van der Waals surface area contributed by atoms with E-state index >= 15 is 0 Å². The highest BCUT2D eigenvalue weighted by Crippen LogP contribution is 2.36. The SMILES string of the molecule is C=C/C(=C\C)c1cccc(-c2cc(-c3ccccc3)nc(-c3ccc(C(C)(C)c4ccc(-c5nc(-c6ccccc6)cc(-c6cccc(-c7ccccc7)c6)n5)cc4)cc3)n2)c1. The smallest absolute Gasteiger partial charge is 0.160 e. The van der Waals surface area contributed by atoms with E-state index in [4.69, 9.17) is 19.9 Å². The Bertz CT molecular complexity index is 3020. The average Bonchev–Trinajstić information content (AvgIpc) is 3.35. The third-order valence-electron chi connectivity index (χ3n) is 11.6. The molecule has 9 rings (SSSR count). The molecule has 0 saturated heterocycles. The molecule has 0 aliphatic carbocycles. The summed E-state index contributed by atoms with van der Waals surface area (Å²) in [6.45, 7) is 10.6. The molecule has 4 nitrogen and oxygen atoms in total. The van der Waals surface area contributed by atoms with Gasteiger partial charge in [0.05, 0.1) is 22.8 Å². The maximum atomic E-state index is 5.16. The van der Waals surface area contributed by atoms with E-state index in [1.54, 1.807) is 0 Å². The lowest BCUT2D eigenvalue weighted by atomic mass is 9.77. The van der Waals surface area contributed by atoms with Gasteiger partial charge in [-0.25, -0.2) is 19.9 Å². The molecule has 0 N–H and O–H groups in total. The second-order valence-corrected chi connectivity index (χ2v) is 15.9. The molecule has 0 aliphatic rings. The van der Waals surface area contributed by atoms with Crippen LogP contribution in [0.25, 0.3) is 84.5 Å². The van der Waals surface area contributed by atoms with E-state index in [9.17, 15) is 0 Å². The van der Waals surface area contributed by atoms with Crippen LogP contribution in [0.3, 0.4) is 0 Å². The number of benzene rings is 7. The maximum Gasteiger partial charge on any atom is 0.160 e. The standard InChI is InChI=1S/C58H46N4/c1-5-40(6-2)46-24-16-26-48(36-46)54-38-52(42-20-12-8-13-21-42)59-56(61-54)44-28-32-50(33-29-44)58(3,4)51-34-30-45(31-35-51)57-60-53(43-22-14-9-15-23-43)39-55(62-57)49-27-17-25-47(37-49)41-18-10-7-11-19-41/h5-39H,1H2,2-4H3/b40-6+. The van der Waals surface area contributed by atoms with Gasteiger partial charge in [0.1, 0.15) is 0 Å². The zero-order valence-corrected chi connectivity index (χ0v) is 35.2. The van der Waals surface area contributed by atoms with E-state index in [2.05, 4.69) is 184 Å². The Morgan fingerprint density at radius 2 is 0.774 bits per heavy atom. The fraction of sp³-hybridized carbons (Fsp3) is 0.0690. The molecular formula is C58H46N4. The lowest BCUT2D eigenvalue weighted by Gasteiger charge is -2.26. The number of hydrogen-bond donors (Lipinski definition) is 0. The topological polar surface area (TPSA) is 51.6 Å². The monoisotopic (exact) mass is 798 g/mol. The highest BCUT2D eigenvalue weighted by atomic mass is 14.9. The highest BCUT2D eigenvalue weighted by molar-refractivity contribution is 5.79. The molecule has 0 radical (unpaired) electrons. The summed E-state index contributed by atoms with van der Waals surface area (Å²) in [5.41, 5.74) is 16.2. The average molecular weight is 799 g/mol. The Hall–Kier alpha value is -7.82. The van der Waals surface area contributed by atoms with Crippen LogP contribution in [0, 0.1) is 0 Å². The zero-order chi connectivity index (χ0) is 42.5. The van der Waals surface area contributed by atoms with Crippen molar-refractivity contribution in [1.82, 2.24) is 19.9 Å². The molecule has 2 heterocycles. The van der Waals surface area contributed by atoms with Gasteiger partial charge < -0.3 is 0 Å². The lowest BCUT2D eigenvalue weighted by Crippen LogP contribution is -2.18. The van der Waals surface area contributed by atoms with Gasteiger partial charge in [0.25, 0.3) is 0 Å². The predicted molar refractivity (Wildman–Crippen MR) is 258 cm³/mol. The van der Waals surface area contributed by atoms with Crippen LogP contribution in [0.4, 0.5) is 0 Å². The molecule has 9 aromatic rings. The molecule has 2 aromatic heterocycles. The fourth-order valence-electron chi connectivity index (χ4n) is 7.95. The number of rotatable bonds is 11. The quantitative estimate of drug-likeness (QED) is 0.122. The second-order valence-electron chi connectivity index (χ2n) is 15.9. The van der Waals surface area contributed by atoms with E-state index in [0.717, 1.165) is 72.9 Å². The molecular weight excluding hydrogens is 753 g/mol. The van der Waals surface area contributed by atoms with Gasteiger partial charge >= 0.3 is 0 Å². The zero-order valence-electron chi connectivity index (χ0n) is 35.2. The summed E-state index contributed by atoms with van der Waals surface area (Å²) >= 11 is 0.